The van der Waals surface area contributed by atoms with E-state index in [2.05, 4.69) is 5.11 Å². The molecule has 0 radical (unpaired) electrons. The molecule has 1 aromatic carbocycles. The molecule has 0 aliphatic rings. The monoisotopic (exact) mass is 140 g/mol. The Labute approximate surface area is 57.2 Å². The molecule has 4 heteroatoms. The molecule has 1 rings (SSSR count). The molecular weight excluding hydrogens is 133 g/mol. The number of anilines is 1. The van der Waals surface area contributed by atoms with Crippen LogP contribution in [0.2, 0.25) is 0 Å². The molecular formula is C6H7FN3+. The lowest BCUT2D eigenvalue weighted by Crippen LogP contribution is -2.22. The van der Waals surface area contributed by atoms with Gasteiger partial charge in [0.1, 0.15) is 5.82 Å². The van der Waals surface area contributed by atoms with Crippen LogP contribution in [0.25, 0.3) is 0 Å². The van der Waals surface area contributed by atoms with E-state index < -0.39 is 5.82 Å². The van der Waals surface area contributed by atoms with Gasteiger partial charge < -0.3 is 5.73 Å². The molecule has 0 aliphatic carbocycles. The van der Waals surface area contributed by atoms with Crippen LogP contribution in [0, 0.1) is 5.82 Å². The van der Waals surface area contributed by atoms with Gasteiger partial charge in [0.15, 0.2) is 5.69 Å². The van der Waals surface area contributed by atoms with Gasteiger partial charge in [-0.15, -0.1) is 0 Å². The lowest BCUT2D eigenvalue weighted by molar-refractivity contribution is -0.210. The largest absolute Gasteiger partial charge is 0.397 e. The van der Waals surface area contributed by atoms with Crippen LogP contribution in [0.5, 0.6) is 0 Å². The molecule has 0 aromatic heterocycles. The predicted octanol–water partition coefficient (Wildman–Crippen LogP) is 0.251. The molecule has 0 atom stereocenters. The maximum atomic E-state index is 12.4. The number of nitrogens with two attached hydrogens (primary N) is 2. The van der Waals surface area contributed by atoms with Crippen LogP contribution in [-0.4, -0.2) is 0 Å². The van der Waals surface area contributed by atoms with Gasteiger partial charge in [-0.2, -0.15) is 5.53 Å². The average Bonchev–Trinajstić information content (AvgIpc) is 1.94. The Bertz CT molecular complexity index is 259. The molecule has 0 saturated carbocycles. The first-order chi connectivity index (χ1) is 4.74. The molecule has 0 unspecified atom stereocenters. The fourth-order valence-corrected chi connectivity index (χ4v) is 0.629. The maximum absolute atomic E-state index is 12.4. The van der Waals surface area contributed by atoms with E-state index in [9.17, 15) is 4.39 Å². The van der Waals surface area contributed by atoms with Crippen molar-refractivity contribution in [3.8, 4) is 0 Å². The fourth-order valence-electron chi connectivity index (χ4n) is 0.629. The van der Waals surface area contributed by atoms with Crippen LogP contribution >= 0.6 is 0 Å². The van der Waals surface area contributed by atoms with Gasteiger partial charge in [-0.05, 0) is 17.2 Å². The minimum Gasteiger partial charge on any atom is -0.397 e. The van der Waals surface area contributed by atoms with Crippen molar-refractivity contribution < 1.29 is 9.92 Å². The summed E-state index contributed by atoms with van der Waals surface area (Å²) < 4.78 is 12.4. The Balaban J connectivity index is 3.21. The quantitative estimate of drug-likeness (QED) is 0.426. The number of hydrogen-bond donors (Lipinski definition) is 2. The number of halogens is 1. The third-order valence-electron chi connectivity index (χ3n) is 1.13. The van der Waals surface area contributed by atoms with E-state index in [1.54, 1.807) is 0 Å². The van der Waals surface area contributed by atoms with Crippen molar-refractivity contribution in [3.05, 3.63) is 24.0 Å². The molecule has 0 fully saturated rings. The number of nitrogens with zero attached hydrogens (tertiary/aromatic N) is 1. The maximum Gasteiger partial charge on any atom is 0.155 e. The van der Waals surface area contributed by atoms with E-state index in [0.29, 0.717) is 5.69 Å². The molecule has 52 valence electrons. The molecule has 0 aliphatic heterocycles. The van der Waals surface area contributed by atoms with Crippen molar-refractivity contribution in [1.29, 1.82) is 0 Å². The van der Waals surface area contributed by atoms with E-state index in [-0.39, 0.29) is 5.69 Å². The summed E-state index contributed by atoms with van der Waals surface area (Å²) in [5.41, 5.74) is 10.9. The normalized spacial score (nSPS) is 9.30. The van der Waals surface area contributed by atoms with Crippen molar-refractivity contribution in [3.63, 3.8) is 0 Å². The summed E-state index contributed by atoms with van der Waals surface area (Å²) in [4.78, 5) is 0. The molecule has 0 spiro atoms. The summed E-state index contributed by atoms with van der Waals surface area (Å²) in [5.74, 6) is -0.390. The molecule has 1 aromatic rings. The molecule has 10 heavy (non-hydrogen) atoms. The minimum atomic E-state index is -0.390. The van der Waals surface area contributed by atoms with Crippen LogP contribution in [0.1, 0.15) is 0 Å². The van der Waals surface area contributed by atoms with Gasteiger partial charge in [0.05, 0.1) is 5.69 Å². The standard InChI is InChI=1S/C6H6FN3/c7-4-1-2-5(8)6(3-4)10-9/h1-3,9H,8H2/p+1. The average molecular weight is 140 g/mol. The van der Waals surface area contributed by atoms with Crippen LogP contribution in [0.15, 0.2) is 23.3 Å². The highest BCUT2D eigenvalue weighted by atomic mass is 19.1. The Kier molecular flexibility index (Phi) is 1.62. The first kappa shape index (κ1) is 6.67. The van der Waals surface area contributed by atoms with Gasteiger partial charge in [-0.1, -0.05) is 0 Å². The molecule has 0 amide bonds. The zero-order valence-electron chi connectivity index (χ0n) is 5.21. The second-order valence-corrected chi connectivity index (χ2v) is 1.83. The Hall–Kier alpha value is -1.45. The highest BCUT2D eigenvalue weighted by Gasteiger charge is 1.99. The molecule has 0 bridgehead atoms. The number of hydrogen-bond acceptors (Lipinski definition) is 2. The zero-order valence-corrected chi connectivity index (χ0v) is 5.21. The molecule has 0 saturated heterocycles. The minimum absolute atomic E-state index is 0.278. The second-order valence-electron chi connectivity index (χ2n) is 1.83. The van der Waals surface area contributed by atoms with Gasteiger partial charge in [-0.25, -0.2) is 4.39 Å². The third kappa shape index (κ3) is 1.10. The Morgan fingerprint density at radius 3 is 2.70 bits per heavy atom. The van der Waals surface area contributed by atoms with Crippen LogP contribution in [-0.2, 0) is 0 Å². The molecule has 0 heterocycles. The van der Waals surface area contributed by atoms with Gasteiger partial charge >= 0.3 is 0 Å². The van der Waals surface area contributed by atoms with Gasteiger partial charge in [0, 0.05) is 6.07 Å². The number of benzene rings is 1. The summed E-state index contributed by atoms with van der Waals surface area (Å²) in [6.45, 7) is 0. The SMILES string of the molecule is Nc1ccc(F)cc1N=[NH2+]. The Morgan fingerprint density at radius 1 is 1.50 bits per heavy atom. The van der Waals surface area contributed by atoms with Crippen molar-refractivity contribution in [2.45, 2.75) is 0 Å². The van der Waals surface area contributed by atoms with Gasteiger partial charge in [0.2, 0.25) is 0 Å². The van der Waals surface area contributed by atoms with Gasteiger partial charge in [-0.3, -0.25) is 0 Å². The van der Waals surface area contributed by atoms with E-state index in [4.69, 9.17) is 11.3 Å². The topological polar surface area (TPSA) is 64.0 Å². The third-order valence-corrected chi connectivity index (χ3v) is 1.13. The zero-order chi connectivity index (χ0) is 7.56. The van der Waals surface area contributed by atoms with Crippen molar-refractivity contribution in [1.82, 2.24) is 0 Å². The van der Waals surface area contributed by atoms with Crippen LogP contribution in [0.3, 0.4) is 0 Å². The van der Waals surface area contributed by atoms with Crippen molar-refractivity contribution in [2.75, 3.05) is 5.73 Å². The summed E-state index contributed by atoms with van der Waals surface area (Å²) in [6, 6.07) is 3.85. The van der Waals surface area contributed by atoms with E-state index in [0.717, 1.165) is 0 Å². The first-order valence-electron chi connectivity index (χ1n) is 2.70. The number of nitrogen functional groups attached to an aromatic ring is 1. The van der Waals surface area contributed by atoms with Crippen molar-refractivity contribution >= 4 is 11.4 Å². The first-order valence-corrected chi connectivity index (χ1v) is 2.70. The van der Waals surface area contributed by atoms with E-state index in [1.165, 1.54) is 18.2 Å². The van der Waals surface area contributed by atoms with Crippen LogP contribution in [0.4, 0.5) is 15.8 Å². The summed E-state index contributed by atoms with van der Waals surface area (Å²) in [6.07, 6.45) is 0. The predicted molar refractivity (Wildman–Crippen MR) is 34.8 cm³/mol. The lowest BCUT2D eigenvalue weighted by atomic mass is 10.3. The summed E-state index contributed by atoms with van der Waals surface area (Å²) in [7, 11) is 0. The van der Waals surface area contributed by atoms with Crippen molar-refractivity contribution in [2.24, 2.45) is 5.11 Å². The van der Waals surface area contributed by atoms with E-state index >= 15 is 0 Å². The molecule has 4 N–H and O–H groups in total. The summed E-state index contributed by atoms with van der Waals surface area (Å²) in [5, 5.41) is 3.27. The van der Waals surface area contributed by atoms with Crippen LogP contribution < -0.4 is 11.3 Å². The van der Waals surface area contributed by atoms with Gasteiger partial charge in [0.25, 0.3) is 0 Å². The fraction of sp³-hybridized carbons (Fsp3) is 0. The second kappa shape index (κ2) is 2.43. The highest BCUT2D eigenvalue weighted by molar-refractivity contribution is 5.61. The highest BCUT2D eigenvalue weighted by Crippen LogP contribution is 2.20. The smallest absolute Gasteiger partial charge is 0.155 e. The Morgan fingerprint density at radius 2 is 2.20 bits per heavy atom. The lowest BCUT2D eigenvalue weighted by Gasteiger charge is -1.93. The summed E-state index contributed by atoms with van der Waals surface area (Å²) >= 11 is 0. The van der Waals surface area contributed by atoms with E-state index in [1.807, 2.05) is 0 Å². The molecule has 3 nitrogen and oxygen atoms in total. The number of rotatable bonds is 1.